The summed E-state index contributed by atoms with van der Waals surface area (Å²) in [7, 11) is 0. The molecule has 142 valence electrons. The van der Waals surface area contributed by atoms with E-state index in [0.717, 1.165) is 12.1 Å². The Morgan fingerprint density at radius 1 is 0.852 bits per heavy atom. The van der Waals surface area contributed by atoms with Gasteiger partial charge in [-0.2, -0.15) is 13.2 Å². The fourth-order valence-electron chi connectivity index (χ4n) is 2.98. The lowest BCUT2D eigenvalue weighted by Crippen LogP contribution is -2.37. The van der Waals surface area contributed by atoms with Crippen molar-refractivity contribution in [2.45, 2.75) is 12.6 Å². The van der Waals surface area contributed by atoms with Crippen molar-refractivity contribution in [2.24, 2.45) is 0 Å². The monoisotopic (exact) mass is 377 g/mol. The van der Waals surface area contributed by atoms with Gasteiger partial charge in [-0.25, -0.2) is 0 Å². The van der Waals surface area contributed by atoms with E-state index in [1.54, 1.807) is 28.1 Å². The lowest BCUT2D eigenvalue weighted by atomic mass is 10.1. The summed E-state index contributed by atoms with van der Waals surface area (Å²) in [5, 5.41) is 0. The van der Waals surface area contributed by atoms with Crippen molar-refractivity contribution >= 4 is 11.8 Å². The molecule has 0 unspecified atom stereocenters. The summed E-state index contributed by atoms with van der Waals surface area (Å²) in [5.74, 6) is -0.480. The van der Waals surface area contributed by atoms with Crippen molar-refractivity contribution in [3.8, 4) is 0 Å². The SMILES string of the molecule is O=C(c1ccc(C(F)(F)F)cc1)N1CCCN(C(=O)c2cccnc2)CC1. The molecule has 0 spiro atoms. The Bertz CT molecular complexity index is 807. The molecule has 0 atom stereocenters. The molecule has 0 bridgehead atoms. The van der Waals surface area contributed by atoms with Gasteiger partial charge < -0.3 is 9.80 Å². The van der Waals surface area contributed by atoms with Crippen molar-refractivity contribution in [3.05, 3.63) is 65.5 Å². The van der Waals surface area contributed by atoms with Crippen LogP contribution in [-0.2, 0) is 6.18 Å². The minimum atomic E-state index is -4.43. The first kappa shape index (κ1) is 18.9. The van der Waals surface area contributed by atoms with E-state index < -0.39 is 11.7 Å². The zero-order valence-corrected chi connectivity index (χ0v) is 14.4. The number of halogens is 3. The maximum absolute atomic E-state index is 12.7. The number of rotatable bonds is 2. The summed E-state index contributed by atoms with van der Waals surface area (Å²) < 4.78 is 38.0. The molecule has 1 saturated heterocycles. The van der Waals surface area contributed by atoms with Crippen LogP contribution in [0.5, 0.6) is 0 Å². The third kappa shape index (κ3) is 4.45. The molecule has 1 aliphatic heterocycles. The second kappa shape index (κ2) is 7.77. The molecule has 2 aromatic rings. The predicted octanol–water partition coefficient (Wildman–Crippen LogP) is 3.09. The van der Waals surface area contributed by atoms with Crippen LogP contribution in [0.2, 0.25) is 0 Å². The van der Waals surface area contributed by atoms with E-state index in [9.17, 15) is 22.8 Å². The topological polar surface area (TPSA) is 53.5 Å². The molecule has 2 heterocycles. The van der Waals surface area contributed by atoms with Crippen LogP contribution in [0.3, 0.4) is 0 Å². The lowest BCUT2D eigenvalue weighted by Gasteiger charge is -2.22. The zero-order chi connectivity index (χ0) is 19.4. The van der Waals surface area contributed by atoms with E-state index in [0.29, 0.717) is 38.2 Å². The van der Waals surface area contributed by atoms with Crippen molar-refractivity contribution < 1.29 is 22.8 Å². The van der Waals surface area contributed by atoms with Gasteiger partial charge in [0.1, 0.15) is 0 Å². The maximum Gasteiger partial charge on any atom is 0.416 e. The number of alkyl halides is 3. The molecule has 1 fully saturated rings. The molecule has 1 aromatic heterocycles. The summed E-state index contributed by atoms with van der Waals surface area (Å²) in [6, 6.07) is 7.56. The first-order valence-electron chi connectivity index (χ1n) is 8.52. The van der Waals surface area contributed by atoms with Crippen molar-refractivity contribution in [2.75, 3.05) is 26.2 Å². The fourth-order valence-corrected chi connectivity index (χ4v) is 2.98. The summed E-state index contributed by atoms with van der Waals surface area (Å²) in [5.41, 5.74) is -0.0989. The van der Waals surface area contributed by atoms with Crippen LogP contribution in [0.15, 0.2) is 48.8 Å². The number of hydrogen-bond donors (Lipinski definition) is 0. The highest BCUT2D eigenvalue weighted by atomic mass is 19.4. The highest BCUT2D eigenvalue weighted by Crippen LogP contribution is 2.29. The molecule has 8 heteroatoms. The number of nitrogens with zero attached hydrogens (tertiary/aromatic N) is 3. The molecule has 3 rings (SSSR count). The largest absolute Gasteiger partial charge is 0.416 e. The van der Waals surface area contributed by atoms with Crippen molar-refractivity contribution in [1.82, 2.24) is 14.8 Å². The highest BCUT2D eigenvalue weighted by Gasteiger charge is 2.30. The van der Waals surface area contributed by atoms with Gasteiger partial charge in [0.25, 0.3) is 11.8 Å². The maximum atomic E-state index is 12.7. The summed E-state index contributed by atoms with van der Waals surface area (Å²) in [4.78, 5) is 32.3. The van der Waals surface area contributed by atoms with Gasteiger partial charge in [0.2, 0.25) is 0 Å². The minimum Gasteiger partial charge on any atom is -0.337 e. The van der Waals surface area contributed by atoms with Crippen LogP contribution in [0.1, 0.15) is 32.7 Å². The molecular formula is C19H18F3N3O2. The first-order chi connectivity index (χ1) is 12.9. The summed E-state index contributed by atoms with van der Waals surface area (Å²) >= 11 is 0. The van der Waals surface area contributed by atoms with Gasteiger partial charge in [-0.05, 0) is 42.8 Å². The standard InChI is InChI=1S/C19H18F3N3O2/c20-19(21,22)16-6-4-14(5-7-16)17(26)24-9-2-10-25(12-11-24)18(27)15-3-1-8-23-13-15/h1,3-8,13H,2,9-12H2. The third-order valence-corrected chi connectivity index (χ3v) is 4.44. The van der Waals surface area contributed by atoms with Crippen LogP contribution in [0, 0.1) is 0 Å². The van der Waals surface area contributed by atoms with Crippen LogP contribution in [-0.4, -0.2) is 52.8 Å². The smallest absolute Gasteiger partial charge is 0.337 e. The van der Waals surface area contributed by atoms with Gasteiger partial charge in [-0.3, -0.25) is 14.6 Å². The molecule has 0 radical (unpaired) electrons. The number of hydrogen-bond acceptors (Lipinski definition) is 3. The molecule has 0 N–H and O–H groups in total. The molecule has 1 aromatic carbocycles. The highest BCUT2D eigenvalue weighted by molar-refractivity contribution is 5.95. The van der Waals surface area contributed by atoms with Gasteiger partial charge in [-0.15, -0.1) is 0 Å². The summed E-state index contributed by atoms with van der Waals surface area (Å²) in [6.45, 7) is 1.63. The molecule has 2 amide bonds. The van der Waals surface area contributed by atoms with Gasteiger partial charge in [-0.1, -0.05) is 0 Å². The van der Waals surface area contributed by atoms with Gasteiger partial charge in [0.05, 0.1) is 11.1 Å². The Kier molecular flexibility index (Phi) is 5.43. The number of aromatic nitrogens is 1. The lowest BCUT2D eigenvalue weighted by molar-refractivity contribution is -0.137. The second-order valence-electron chi connectivity index (χ2n) is 6.25. The third-order valence-electron chi connectivity index (χ3n) is 4.44. The predicted molar refractivity (Wildman–Crippen MR) is 92.1 cm³/mol. The molecule has 1 aliphatic rings. The molecule has 5 nitrogen and oxygen atoms in total. The Hall–Kier alpha value is -2.90. The van der Waals surface area contributed by atoms with E-state index in [4.69, 9.17) is 0 Å². The number of amides is 2. The van der Waals surface area contributed by atoms with Gasteiger partial charge in [0.15, 0.2) is 0 Å². The first-order valence-corrected chi connectivity index (χ1v) is 8.52. The number of carbonyl (C=O) groups is 2. The number of carbonyl (C=O) groups excluding carboxylic acids is 2. The normalized spacial score (nSPS) is 15.4. The van der Waals surface area contributed by atoms with E-state index in [1.807, 2.05) is 0 Å². The van der Waals surface area contributed by atoms with Crippen LogP contribution in [0.25, 0.3) is 0 Å². The van der Waals surface area contributed by atoms with Gasteiger partial charge in [0, 0.05) is 44.1 Å². The van der Waals surface area contributed by atoms with E-state index in [1.165, 1.54) is 18.3 Å². The minimum absolute atomic E-state index is 0.146. The fraction of sp³-hybridized carbons (Fsp3) is 0.316. The summed E-state index contributed by atoms with van der Waals surface area (Å²) in [6.07, 6.45) is -0.752. The average molecular weight is 377 g/mol. The van der Waals surface area contributed by atoms with Crippen molar-refractivity contribution in [1.29, 1.82) is 0 Å². The molecule has 0 saturated carbocycles. The Labute approximate surface area is 154 Å². The van der Waals surface area contributed by atoms with Crippen LogP contribution >= 0.6 is 0 Å². The molecule has 0 aliphatic carbocycles. The van der Waals surface area contributed by atoms with E-state index >= 15 is 0 Å². The average Bonchev–Trinajstić information content (AvgIpc) is 2.93. The zero-order valence-electron chi connectivity index (χ0n) is 14.4. The quantitative estimate of drug-likeness (QED) is 0.808. The van der Waals surface area contributed by atoms with Crippen molar-refractivity contribution in [3.63, 3.8) is 0 Å². The Balaban J connectivity index is 1.65. The molecular weight excluding hydrogens is 359 g/mol. The molecule has 27 heavy (non-hydrogen) atoms. The number of pyridine rings is 1. The van der Waals surface area contributed by atoms with E-state index in [-0.39, 0.29) is 17.4 Å². The second-order valence-corrected chi connectivity index (χ2v) is 6.25. The Morgan fingerprint density at radius 2 is 1.44 bits per heavy atom. The van der Waals surface area contributed by atoms with Crippen LogP contribution < -0.4 is 0 Å². The number of benzene rings is 1. The Morgan fingerprint density at radius 3 is 1.96 bits per heavy atom. The van der Waals surface area contributed by atoms with Crippen LogP contribution in [0.4, 0.5) is 13.2 Å². The van der Waals surface area contributed by atoms with Gasteiger partial charge >= 0.3 is 6.18 Å². The van der Waals surface area contributed by atoms with E-state index in [2.05, 4.69) is 4.98 Å².